The number of hydrogen-bond acceptors (Lipinski definition) is 6. The Morgan fingerprint density at radius 3 is 1.00 bits per heavy atom. The minimum atomic E-state index is -1.75. The number of carbonyl (C=O) groups is 6. The summed E-state index contributed by atoms with van der Waals surface area (Å²) in [5, 5.41) is 18.6. The highest BCUT2D eigenvalue weighted by molar-refractivity contribution is 6.38. The first-order valence-corrected chi connectivity index (χ1v) is 8.88. The number of rotatable bonds is 12. The van der Waals surface area contributed by atoms with Crippen molar-refractivity contribution < 1.29 is 39.0 Å². The van der Waals surface area contributed by atoms with E-state index in [2.05, 4.69) is 0 Å². The summed E-state index contributed by atoms with van der Waals surface area (Å²) in [5.41, 5.74) is -1.78. The number of amides is 2. The van der Waals surface area contributed by atoms with E-state index in [-0.39, 0.29) is 26.2 Å². The lowest BCUT2D eigenvalue weighted by atomic mass is 9.97. The first-order valence-electron chi connectivity index (χ1n) is 8.88. The van der Waals surface area contributed by atoms with Crippen LogP contribution in [0.2, 0.25) is 0 Å². The van der Waals surface area contributed by atoms with Gasteiger partial charge in [0, 0.05) is 39.0 Å². The molecule has 0 aliphatic carbocycles. The fourth-order valence-corrected chi connectivity index (χ4v) is 2.47. The molecule has 0 saturated heterocycles. The van der Waals surface area contributed by atoms with Crippen LogP contribution >= 0.6 is 0 Å². The van der Waals surface area contributed by atoms with Gasteiger partial charge in [-0.2, -0.15) is 0 Å². The van der Waals surface area contributed by atoms with Gasteiger partial charge in [0.2, 0.25) is 11.6 Å². The number of carboxylic acids is 2. The van der Waals surface area contributed by atoms with Crippen LogP contribution in [0.1, 0.15) is 40.5 Å². The Morgan fingerprint density at radius 1 is 0.571 bits per heavy atom. The van der Waals surface area contributed by atoms with Crippen molar-refractivity contribution in [3.8, 4) is 0 Å². The van der Waals surface area contributed by atoms with Crippen LogP contribution in [0, 0.1) is 0 Å². The van der Waals surface area contributed by atoms with Crippen LogP contribution in [0.15, 0.2) is 11.1 Å². The normalized spacial score (nSPS) is 11.3. The van der Waals surface area contributed by atoms with Crippen molar-refractivity contribution in [3.05, 3.63) is 11.1 Å². The smallest absolute Gasteiger partial charge is 0.332 e. The molecule has 0 aromatic rings. The zero-order valence-corrected chi connectivity index (χ0v) is 16.5. The quantitative estimate of drug-likeness (QED) is 0.347. The van der Waals surface area contributed by atoms with Crippen LogP contribution < -0.4 is 0 Å². The molecule has 0 bridgehead atoms. The summed E-state index contributed by atoms with van der Waals surface area (Å²) in [7, 11) is 0. The average Bonchev–Trinajstić information content (AvgIpc) is 2.65. The van der Waals surface area contributed by atoms with E-state index in [1.807, 2.05) is 0 Å². The van der Waals surface area contributed by atoms with Gasteiger partial charge in [-0.05, 0) is 27.7 Å². The summed E-state index contributed by atoms with van der Waals surface area (Å²) in [6, 6.07) is 0. The van der Waals surface area contributed by atoms with Crippen LogP contribution in [-0.4, -0.2) is 81.5 Å². The summed E-state index contributed by atoms with van der Waals surface area (Å²) >= 11 is 0. The molecule has 0 unspecified atom stereocenters. The number of hydrogen-bond donors (Lipinski definition) is 2. The van der Waals surface area contributed by atoms with E-state index >= 15 is 0 Å². The SMILES string of the molecule is CCN(CC)C(=O)C(=O)C/C(C(=O)O)=C(/CC(=O)C(=O)N(CC)CC)C(=O)O. The van der Waals surface area contributed by atoms with Crippen molar-refractivity contribution in [2.24, 2.45) is 0 Å². The van der Waals surface area contributed by atoms with Crippen molar-refractivity contribution in [2.75, 3.05) is 26.2 Å². The number of carbonyl (C=O) groups excluding carboxylic acids is 4. The number of carboxylic acid groups (broad SMARTS) is 2. The molecular formula is C18H26N2O8. The average molecular weight is 398 g/mol. The molecule has 156 valence electrons. The largest absolute Gasteiger partial charge is 0.478 e. The molecule has 0 atom stereocenters. The predicted molar refractivity (Wildman–Crippen MR) is 97.4 cm³/mol. The van der Waals surface area contributed by atoms with E-state index < -0.39 is 59.3 Å². The third-order valence-electron chi connectivity index (χ3n) is 4.13. The molecule has 0 rings (SSSR count). The molecule has 0 saturated carbocycles. The standard InChI is InChI=1S/C18H26N2O8/c1-5-19(6-2)15(23)13(21)9-11(17(25)26)12(18(27)28)10-14(22)16(24)20(7-3)8-4/h5-10H2,1-4H3,(H,25,26)(H,27,28)/b12-11+. The molecule has 10 nitrogen and oxygen atoms in total. The second-order valence-electron chi connectivity index (χ2n) is 5.72. The Balaban J connectivity index is 5.83. The van der Waals surface area contributed by atoms with Gasteiger partial charge in [-0.25, -0.2) is 9.59 Å². The lowest BCUT2D eigenvalue weighted by Crippen LogP contribution is -2.37. The minimum absolute atomic E-state index is 0.218. The van der Waals surface area contributed by atoms with Crippen LogP contribution in [-0.2, 0) is 28.8 Å². The molecule has 28 heavy (non-hydrogen) atoms. The molecule has 0 radical (unpaired) electrons. The first-order chi connectivity index (χ1) is 13.0. The molecule has 0 spiro atoms. The van der Waals surface area contributed by atoms with Gasteiger partial charge in [-0.3, -0.25) is 19.2 Å². The van der Waals surface area contributed by atoms with E-state index in [4.69, 9.17) is 0 Å². The van der Waals surface area contributed by atoms with Gasteiger partial charge >= 0.3 is 11.9 Å². The third kappa shape index (κ3) is 6.60. The molecule has 0 aromatic carbocycles. The first kappa shape index (κ1) is 25.0. The Morgan fingerprint density at radius 2 is 0.821 bits per heavy atom. The zero-order valence-electron chi connectivity index (χ0n) is 16.5. The maximum Gasteiger partial charge on any atom is 0.332 e. The second-order valence-corrected chi connectivity index (χ2v) is 5.72. The van der Waals surface area contributed by atoms with Crippen molar-refractivity contribution in [3.63, 3.8) is 0 Å². The summed E-state index contributed by atoms with van der Waals surface area (Å²) in [6.45, 7) is 7.38. The highest BCUT2D eigenvalue weighted by Gasteiger charge is 2.30. The highest BCUT2D eigenvalue weighted by Crippen LogP contribution is 2.16. The fourth-order valence-electron chi connectivity index (χ4n) is 2.47. The van der Waals surface area contributed by atoms with Crippen molar-refractivity contribution in [2.45, 2.75) is 40.5 Å². The van der Waals surface area contributed by atoms with Crippen molar-refractivity contribution >= 4 is 35.3 Å². The van der Waals surface area contributed by atoms with Crippen LogP contribution in [0.3, 0.4) is 0 Å². The van der Waals surface area contributed by atoms with E-state index in [1.54, 1.807) is 27.7 Å². The van der Waals surface area contributed by atoms with Gasteiger partial charge < -0.3 is 20.0 Å². The molecule has 0 aliphatic heterocycles. The summed E-state index contributed by atoms with van der Waals surface area (Å²) in [6.07, 6.45) is -1.97. The van der Waals surface area contributed by atoms with E-state index in [9.17, 15) is 39.0 Å². The summed E-state index contributed by atoms with van der Waals surface area (Å²) < 4.78 is 0. The van der Waals surface area contributed by atoms with Gasteiger partial charge in [0.05, 0.1) is 11.1 Å². The van der Waals surface area contributed by atoms with E-state index in [1.165, 1.54) is 0 Å². The minimum Gasteiger partial charge on any atom is -0.478 e. The lowest BCUT2D eigenvalue weighted by molar-refractivity contribution is -0.145. The van der Waals surface area contributed by atoms with Gasteiger partial charge in [0.1, 0.15) is 0 Å². The molecule has 2 amide bonds. The molecule has 0 heterocycles. The van der Waals surface area contributed by atoms with Gasteiger partial charge in [0.25, 0.3) is 11.8 Å². The maximum atomic E-state index is 12.1. The number of Topliss-reactive ketones (excluding diaryl/α,β-unsaturated/α-hetero) is 2. The zero-order chi connectivity index (χ0) is 22.0. The highest BCUT2D eigenvalue weighted by atomic mass is 16.4. The molecular weight excluding hydrogens is 372 g/mol. The fraction of sp³-hybridized carbons (Fsp3) is 0.556. The Hall–Kier alpha value is -3.04. The molecule has 10 heteroatoms. The third-order valence-corrected chi connectivity index (χ3v) is 4.13. The second kappa shape index (κ2) is 11.6. The van der Waals surface area contributed by atoms with E-state index in [0.29, 0.717) is 0 Å². The van der Waals surface area contributed by atoms with Crippen LogP contribution in [0.25, 0.3) is 0 Å². The number of ketones is 2. The van der Waals surface area contributed by atoms with Crippen molar-refractivity contribution in [1.29, 1.82) is 0 Å². The van der Waals surface area contributed by atoms with Gasteiger partial charge in [0.15, 0.2) is 0 Å². The van der Waals surface area contributed by atoms with Gasteiger partial charge in [-0.15, -0.1) is 0 Å². The van der Waals surface area contributed by atoms with Gasteiger partial charge in [-0.1, -0.05) is 0 Å². The molecule has 0 aliphatic rings. The predicted octanol–water partition coefficient (Wildman–Crippen LogP) is 0.107. The monoisotopic (exact) mass is 398 g/mol. The topological polar surface area (TPSA) is 149 Å². The van der Waals surface area contributed by atoms with Crippen LogP contribution in [0.5, 0.6) is 0 Å². The Kier molecular flexibility index (Phi) is 10.4. The number of aliphatic carboxylic acids is 2. The van der Waals surface area contributed by atoms with E-state index in [0.717, 1.165) is 9.80 Å². The summed E-state index contributed by atoms with van der Waals surface area (Å²) in [5.74, 6) is -7.61. The maximum absolute atomic E-state index is 12.1. The Labute approximate surface area is 162 Å². The number of nitrogens with zero attached hydrogens (tertiary/aromatic N) is 2. The lowest BCUT2D eigenvalue weighted by Gasteiger charge is -2.18. The number of likely N-dealkylation sites (N-methyl/N-ethyl adjacent to an activating group) is 2. The Bertz CT molecular complexity index is 630. The summed E-state index contributed by atoms with van der Waals surface area (Å²) in [4.78, 5) is 73.7. The van der Waals surface area contributed by atoms with Crippen molar-refractivity contribution in [1.82, 2.24) is 9.80 Å². The van der Waals surface area contributed by atoms with Crippen LogP contribution in [0.4, 0.5) is 0 Å². The molecule has 0 aromatic heterocycles. The molecule has 0 fully saturated rings. The molecule has 2 N–H and O–H groups in total.